The van der Waals surface area contributed by atoms with Crippen molar-refractivity contribution in [1.29, 1.82) is 0 Å². The van der Waals surface area contributed by atoms with E-state index in [1.165, 1.54) is 0 Å². The van der Waals surface area contributed by atoms with Crippen molar-refractivity contribution in [3.8, 4) is 0 Å². The van der Waals surface area contributed by atoms with Gasteiger partial charge in [-0.05, 0) is 27.7 Å². The highest BCUT2D eigenvalue weighted by Gasteiger charge is 2.22. The quantitative estimate of drug-likeness (QED) is 0.929. The van der Waals surface area contributed by atoms with E-state index in [0.717, 1.165) is 0 Å². The Labute approximate surface area is 122 Å². The van der Waals surface area contributed by atoms with Gasteiger partial charge in [0.15, 0.2) is 11.6 Å². The van der Waals surface area contributed by atoms with Gasteiger partial charge in [-0.3, -0.25) is 0 Å². The molecule has 0 aliphatic rings. The largest absolute Gasteiger partial charge is 0.359 e. The highest BCUT2D eigenvalue weighted by atomic mass is 16.5. The summed E-state index contributed by atoms with van der Waals surface area (Å²) in [6.45, 7) is 9.33. The Morgan fingerprint density at radius 1 is 1.24 bits per heavy atom. The van der Waals surface area contributed by atoms with Crippen LogP contribution in [-0.2, 0) is 6.54 Å². The summed E-state index contributed by atoms with van der Waals surface area (Å²) in [4.78, 5) is 18.2. The van der Waals surface area contributed by atoms with Gasteiger partial charge < -0.3 is 19.3 Å². The highest BCUT2D eigenvalue weighted by Crippen LogP contribution is 2.20. The van der Waals surface area contributed by atoms with Crippen LogP contribution in [0.15, 0.2) is 9.05 Å². The Hall–Kier alpha value is -2.38. The van der Waals surface area contributed by atoms with Crippen molar-refractivity contribution in [1.82, 2.24) is 20.2 Å². The molecule has 2 aromatic rings. The summed E-state index contributed by atoms with van der Waals surface area (Å²) >= 11 is 0. The zero-order valence-electron chi connectivity index (χ0n) is 12.8. The lowest BCUT2D eigenvalue weighted by atomic mass is 10.3. The first-order chi connectivity index (χ1) is 9.88. The number of urea groups is 1. The zero-order chi connectivity index (χ0) is 15.6. The number of amides is 2. The Morgan fingerprint density at radius 3 is 2.43 bits per heavy atom. The van der Waals surface area contributed by atoms with Crippen molar-refractivity contribution in [2.45, 2.75) is 47.2 Å². The smallest absolute Gasteiger partial charge is 0.322 e. The summed E-state index contributed by atoms with van der Waals surface area (Å²) in [7, 11) is 0. The molecular weight excluding hydrogens is 274 g/mol. The summed E-state index contributed by atoms with van der Waals surface area (Å²) in [6, 6.07) is -0.286. The summed E-state index contributed by atoms with van der Waals surface area (Å²) < 4.78 is 9.96. The molecule has 0 aliphatic carbocycles. The third-order valence-corrected chi connectivity index (χ3v) is 3.03. The normalized spacial score (nSPS) is 11.0. The molecule has 0 fully saturated rings. The molecule has 8 heteroatoms. The molecule has 0 bridgehead atoms. The molecule has 2 rings (SSSR count). The number of aryl methyl sites for hydroxylation is 3. The molecule has 0 saturated heterocycles. The number of rotatable bonds is 4. The summed E-state index contributed by atoms with van der Waals surface area (Å²) in [5.74, 6) is 1.51. The van der Waals surface area contributed by atoms with Crippen molar-refractivity contribution >= 4 is 11.7 Å². The zero-order valence-corrected chi connectivity index (χ0v) is 12.8. The van der Waals surface area contributed by atoms with Gasteiger partial charge in [0.25, 0.3) is 0 Å². The molecule has 0 saturated carbocycles. The van der Waals surface area contributed by atoms with Crippen LogP contribution in [0.5, 0.6) is 0 Å². The van der Waals surface area contributed by atoms with Gasteiger partial charge in [-0.1, -0.05) is 10.3 Å². The standard InChI is InChI=1S/C13H19N5O3/c1-7(2)18(6-11-14-10(5)21-17-11)13(19)15-12-8(3)16-20-9(12)4/h7H,6H2,1-5H3,(H,15,19). The fourth-order valence-electron chi connectivity index (χ4n) is 1.89. The van der Waals surface area contributed by atoms with Crippen molar-refractivity contribution in [3.63, 3.8) is 0 Å². The first-order valence-electron chi connectivity index (χ1n) is 6.68. The van der Waals surface area contributed by atoms with Crippen molar-refractivity contribution < 1.29 is 13.8 Å². The van der Waals surface area contributed by atoms with Gasteiger partial charge in [0.1, 0.15) is 11.4 Å². The summed E-state index contributed by atoms with van der Waals surface area (Å²) in [5.41, 5.74) is 1.23. The maximum atomic E-state index is 12.4. The number of nitrogens with one attached hydrogen (secondary N) is 1. The van der Waals surface area contributed by atoms with Crippen LogP contribution in [0.25, 0.3) is 0 Å². The van der Waals surface area contributed by atoms with Crippen LogP contribution in [0.1, 0.15) is 37.0 Å². The fraction of sp³-hybridized carbons (Fsp3) is 0.538. The number of carbonyl (C=O) groups excluding carboxylic acids is 1. The molecule has 0 aromatic carbocycles. The fourth-order valence-corrected chi connectivity index (χ4v) is 1.89. The van der Waals surface area contributed by atoms with Crippen LogP contribution >= 0.6 is 0 Å². The molecule has 21 heavy (non-hydrogen) atoms. The van der Waals surface area contributed by atoms with Crippen LogP contribution < -0.4 is 5.32 Å². The Bertz CT molecular complexity index is 612. The second-order valence-corrected chi connectivity index (χ2v) is 5.08. The minimum atomic E-state index is -0.262. The number of anilines is 1. The van der Waals surface area contributed by atoms with Gasteiger partial charge in [0.05, 0.1) is 6.54 Å². The summed E-state index contributed by atoms with van der Waals surface area (Å²) in [5, 5.41) is 10.4. The van der Waals surface area contributed by atoms with E-state index in [1.807, 2.05) is 13.8 Å². The molecule has 8 nitrogen and oxygen atoms in total. The lowest BCUT2D eigenvalue weighted by Crippen LogP contribution is -2.40. The average molecular weight is 293 g/mol. The third kappa shape index (κ3) is 3.39. The van der Waals surface area contributed by atoms with Crippen molar-refractivity contribution in [2.24, 2.45) is 0 Å². The first kappa shape index (κ1) is 15.0. The molecule has 0 aliphatic heterocycles. The predicted molar refractivity (Wildman–Crippen MR) is 74.7 cm³/mol. The highest BCUT2D eigenvalue weighted by molar-refractivity contribution is 5.90. The van der Waals surface area contributed by atoms with E-state index >= 15 is 0 Å². The van der Waals surface area contributed by atoms with Gasteiger partial charge in [0, 0.05) is 13.0 Å². The minimum absolute atomic E-state index is 0.0238. The van der Waals surface area contributed by atoms with Crippen LogP contribution in [0.2, 0.25) is 0 Å². The van der Waals surface area contributed by atoms with E-state index in [-0.39, 0.29) is 18.6 Å². The van der Waals surface area contributed by atoms with Gasteiger partial charge in [0.2, 0.25) is 5.89 Å². The van der Waals surface area contributed by atoms with Crippen LogP contribution in [0.3, 0.4) is 0 Å². The van der Waals surface area contributed by atoms with Gasteiger partial charge in [-0.15, -0.1) is 0 Å². The monoisotopic (exact) mass is 293 g/mol. The molecule has 0 radical (unpaired) electrons. The maximum absolute atomic E-state index is 12.4. The maximum Gasteiger partial charge on any atom is 0.322 e. The van der Waals surface area contributed by atoms with Crippen LogP contribution in [0.4, 0.5) is 10.5 Å². The van der Waals surface area contributed by atoms with E-state index in [0.29, 0.717) is 28.9 Å². The molecule has 2 heterocycles. The molecule has 0 unspecified atom stereocenters. The van der Waals surface area contributed by atoms with Crippen molar-refractivity contribution in [3.05, 3.63) is 23.2 Å². The number of carbonyl (C=O) groups is 1. The lowest BCUT2D eigenvalue weighted by molar-refractivity contribution is 0.191. The van der Waals surface area contributed by atoms with E-state index in [1.54, 1.807) is 25.7 Å². The Kier molecular flexibility index (Phi) is 4.25. The molecule has 0 spiro atoms. The van der Waals surface area contributed by atoms with Gasteiger partial charge >= 0.3 is 6.03 Å². The van der Waals surface area contributed by atoms with Crippen LogP contribution in [0, 0.1) is 20.8 Å². The molecule has 1 N–H and O–H groups in total. The molecule has 0 atom stereocenters. The second-order valence-electron chi connectivity index (χ2n) is 5.08. The molecular formula is C13H19N5O3. The Morgan fingerprint density at radius 2 is 1.95 bits per heavy atom. The number of nitrogens with zero attached hydrogens (tertiary/aromatic N) is 4. The minimum Gasteiger partial charge on any atom is -0.359 e. The molecule has 114 valence electrons. The topological polar surface area (TPSA) is 97.3 Å². The van der Waals surface area contributed by atoms with E-state index in [4.69, 9.17) is 9.05 Å². The van der Waals surface area contributed by atoms with Crippen LogP contribution in [-0.4, -0.2) is 32.3 Å². The SMILES string of the molecule is Cc1nc(CN(C(=O)Nc2c(C)noc2C)C(C)C)no1. The number of hydrogen-bond donors (Lipinski definition) is 1. The Balaban J connectivity index is 2.12. The molecule has 2 aromatic heterocycles. The van der Waals surface area contributed by atoms with E-state index in [9.17, 15) is 4.79 Å². The predicted octanol–water partition coefficient (Wildman–Crippen LogP) is 2.43. The first-order valence-corrected chi connectivity index (χ1v) is 6.68. The third-order valence-electron chi connectivity index (χ3n) is 3.03. The second kappa shape index (κ2) is 5.94. The molecule has 2 amide bonds. The van der Waals surface area contributed by atoms with E-state index < -0.39 is 0 Å². The number of hydrogen-bond acceptors (Lipinski definition) is 6. The van der Waals surface area contributed by atoms with E-state index in [2.05, 4.69) is 20.6 Å². The van der Waals surface area contributed by atoms with Gasteiger partial charge in [-0.25, -0.2) is 4.79 Å². The summed E-state index contributed by atoms with van der Waals surface area (Å²) in [6.07, 6.45) is 0. The average Bonchev–Trinajstić information content (AvgIpc) is 2.96. The lowest BCUT2D eigenvalue weighted by Gasteiger charge is -2.25. The number of aromatic nitrogens is 3. The van der Waals surface area contributed by atoms with Crippen molar-refractivity contribution in [2.75, 3.05) is 5.32 Å². The van der Waals surface area contributed by atoms with Gasteiger partial charge in [-0.2, -0.15) is 4.98 Å².